The van der Waals surface area contributed by atoms with E-state index >= 15 is 0 Å². The van der Waals surface area contributed by atoms with Crippen LogP contribution in [-0.2, 0) is 4.79 Å². The van der Waals surface area contributed by atoms with Crippen LogP contribution >= 0.6 is 23.2 Å². The monoisotopic (exact) mass is 325 g/mol. The first-order valence-electron chi connectivity index (χ1n) is 6.11. The Morgan fingerprint density at radius 1 is 1.10 bits per heavy atom. The van der Waals surface area contributed by atoms with Crippen LogP contribution in [0.2, 0.25) is 10.0 Å². The number of carbonyl (C=O) groups excluding carboxylic acids is 1. The SMILES string of the molecule is COc1cccc(OCC(=O)Nc2c(Cl)cccc2Cl)c1. The first-order valence-corrected chi connectivity index (χ1v) is 6.86. The fourth-order valence-electron chi connectivity index (χ4n) is 1.63. The van der Waals surface area contributed by atoms with Crippen LogP contribution in [0.5, 0.6) is 11.5 Å². The molecule has 0 aliphatic carbocycles. The number of para-hydroxylation sites is 1. The van der Waals surface area contributed by atoms with Gasteiger partial charge in [0, 0.05) is 6.07 Å². The van der Waals surface area contributed by atoms with Gasteiger partial charge in [-0.05, 0) is 24.3 Å². The van der Waals surface area contributed by atoms with Gasteiger partial charge in [0.05, 0.1) is 22.8 Å². The van der Waals surface area contributed by atoms with Gasteiger partial charge in [0.15, 0.2) is 6.61 Å². The molecule has 0 bridgehead atoms. The summed E-state index contributed by atoms with van der Waals surface area (Å²) in [6.07, 6.45) is 0. The lowest BCUT2D eigenvalue weighted by Crippen LogP contribution is -2.20. The lowest BCUT2D eigenvalue weighted by atomic mass is 10.3. The summed E-state index contributed by atoms with van der Waals surface area (Å²) >= 11 is 11.9. The van der Waals surface area contributed by atoms with Crippen molar-refractivity contribution in [3.8, 4) is 11.5 Å². The van der Waals surface area contributed by atoms with Crippen molar-refractivity contribution in [1.82, 2.24) is 0 Å². The third kappa shape index (κ3) is 4.28. The molecule has 0 saturated carbocycles. The van der Waals surface area contributed by atoms with Gasteiger partial charge in [-0.3, -0.25) is 4.79 Å². The van der Waals surface area contributed by atoms with Crippen molar-refractivity contribution in [2.75, 3.05) is 19.0 Å². The zero-order chi connectivity index (χ0) is 15.2. The van der Waals surface area contributed by atoms with E-state index in [1.54, 1.807) is 49.6 Å². The number of carbonyl (C=O) groups is 1. The van der Waals surface area contributed by atoms with E-state index in [1.807, 2.05) is 0 Å². The highest BCUT2D eigenvalue weighted by molar-refractivity contribution is 6.39. The number of hydrogen-bond acceptors (Lipinski definition) is 3. The molecule has 0 saturated heterocycles. The quantitative estimate of drug-likeness (QED) is 0.903. The summed E-state index contributed by atoms with van der Waals surface area (Å²) in [5.41, 5.74) is 0.375. The molecule has 0 aliphatic heterocycles. The van der Waals surface area contributed by atoms with E-state index in [9.17, 15) is 4.79 Å². The molecule has 0 heterocycles. The van der Waals surface area contributed by atoms with Gasteiger partial charge in [0.1, 0.15) is 11.5 Å². The molecule has 0 aromatic heterocycles. The molecule has 0 spiro atoms. The van der Waals surface area contributed by atoms with E-state index in [4.69, 9.17) is 32.7 Å². The van der Waals surface area contributed by atoms with Crippen LogP contribution in [0.25, 0.3) is 0 Å². The summed E-state index contributed by atoms with van der Waals surface area (Å²) < 4.78 is 10.5. The van der Waals surface area contributed by atoms with E-state index < -0.39 is 0 Å². The minimum Gasteiger partial charge on any atom is -0.497 e. The molecule has 110 valence electrons. The lowest BCUT2D eigenvalue weighted by molar-refractivity contribution is -0.118. The molecule has 0 radical (unpaired) electrons. The van der Waals surface area contributed by atoms with Gasteiger partial charge >= 0.3 is 0 Å². The van der Waals surface area contributed by atoms with Gasteiger partial charge < -0.3 is 14.8 Å². The van der Waals surface area contributed by atoms with Crippen LogP contribution in [0.3, 0.4) is 0 Å². The Bertz CT molecular complexity index is 626. The van der Waals surface area contributed by atoms with Gasteiger partial charge in [-0.1, -0.05) is 35.3 Å². The average molecular weight is 326 g/mol. The zero-order valence-corrected chi connectivity index (χ0v) is 12.7. The van der Waals surface area contributed by atoms with Crippen LogP contribution in [0.4, 0.5) is 5.69 Å². The number of ether oxygens (including phenoxy) is 2. The van der Waals surface area contributed by atoms with Crippen molar-refractivity contribution in [3.63, 3.8) is 0 Å². The number of nitrogens with one attached hydrogen (secondary N) is 1. The summed E-state index contributed by atoms with van der Waals surface area (Å²) in [4.78, 5) is 11.9. The molecule has 2 rings (SSSR count). The summed E-state index contributed by atoms with van der Waals surface area (Å²) in [6.45, 7) is -0.158. The van der Waals surface area contributed by atoms with Gasteiger partial charge in [-0.15, -0.1) is 0 Å². The van der Waals surface area contributed by atoms with Crippen LogP contribution in [-0.4, -0.2) is 19.6 Å². The molecular weight excluding hydrogens is 313 g/mol. The summed E-state index contributed by atoms with van der Waals surface area (Å²) in [6, 6.07) is 12.0. The highest BCUT2D eigenvalue weighted by Gasteiger charge is 2.10. The Labute approximate surface area is 132 Å². The van der Waals surface area contributed by atoms with Crippen molar-refractivity contribution in [2.45, 2.75) is 0 Å². The molecule has 1 N–H and O–H groups in total. The maximum Gasteiger partial charge on any atom is 0.262 e. The molecule has 1 amide bonds. The van der Waals surface area contributed by atoms with Crippen molar-refractivity contribution >= 4 is 34.8 Å². The molecule has 0 unspecified atom stereocenters. The van der Waals surface area contributed by atoms with Gasteiger partial charge in [0.25, 0.3) is 5.91 Å². The van der Waals surface area contributed by atoms with Gasteiger partial charge in [-0.25, -0.2) is 0 Å². The number of anilines is 1. The molecule has 4 nitrogen and oxygen atoms in total. The van der Waals surface area contributed by atoms with Crippen molar-refractivity contribution < 1.29 is 14.3 Å². The molecule has 2 aromatic rings. The van der Waals surface area contributed by atoms with E-state index in [-0.39, 0.29) is 12.5 Å². The number of halogens is 2. The summed E-state index contributed by atoms with van der Waals surface area (Å²) in [7, 11) is 1.56. The van der Waals surface area contributed by atoms with Crippen molar-refractivity contribution in [3.05, 3.63) is 52.5 Å². The molecule has 0 atom stereocenters. The Morgan fingerprint density at radius 3 is 2.38 bits per heavy atom. The van der Waals surface area contributed by atoms with E-state index in [0.29, 0.717) is 27.2 Å². The van der Waals surface area contributed by atoms with Crippen LogP contribution in [0.15, 0.2) is 42.5 Å². The predicted octanol–water partition coefficient (Wildman–Crippen LogP) is 4.02. The smallest absolute Gasteiger partial charge is 0.262 e. The van der Waals surface area contributed by atoms with E-state index in [2.05, 4.69) is 5.32 Å². The van der Waals surface area contributed by atoms with Crippen LogP contribution < -0.4 is 14.8 Å². The second kappa shape index (κ2) is 7.20. The summed E-state index contributed by atoms with van der Waals surface area (Å²) in [5.74, 6) is 0.838. The zero-order valence-electron chi connectivity index (χ0n) is 11.2. The maximum atomic E-state index is 11.9. The number of benzene rings is 2. The minimum atomic E-state index is -0.354. The third-order valence-electron chi connectivity index (χ3n) is 2.64. The fraction of sp³-hybridized carbons (Fsp3) is 0.133. The Balaban J connectivity index is 1.96. The molecular formula is C15H13Cl2NO3. The fourth-order valence-corrected chi connectivity index (χ4v) is 2.12. The second-order valence-electron chi connectivity index (χ2n) is 4.11. The second-order valence-corrected chi connectivity index (χ2v) is 4.93. The largest absolute Gasteiger partial charge is 0.497 e. The van der Waals surface area contributed by atoms with E-state index in [0.717, 1.165) is 0 Å². The van der Waals surface area contributed by atoms with Crippen LogP contribution in [0.1, 0.15) is 0 Å². The number of methoxy groups -OCH3 is 1. The summed E-state index contributed by atoms with van der Waals surface area (Å²) in [5, 5.41) is 3.36. The highest BCUT2D eigenvalue weighted by atomic mass is 35.5. The first-order chi connectivity index (χ1) is 10.1. The first kappa shape index (κ1) is 15.5. The topological polar surface area (TPSA) is 47.6 Å². The molecule has 2 aromatic carbocycles. The molecule has 6 heteroatoms. The molecule has 0 fully saturated rings. The Morgan fingerprint density at radius 2 is 1.71 bits per heavy atom. The lowest BCUT2D eigenvalue weighted by Gasteiger charge is -2.10. The molecule has 0 aliphatic rings. The number of rotatable bonds is 5. The molecule has 21 heavy (non-hydrogen) atoms. The van der Waals surface area contributed by atoms with Crippen molar-refractivity contribution in [1.29, 1.82) is 0 Å². The Kier molecular flexibility index (Phi) is 5.31. The van der Waals surface area contributed by atoms with Gasteiger partial charge in [-0.2, -0.15) is 0 Å². The maximum absolute atomic E-state index is 11.9. The predicted molar refractivity (Wildman–Crippen MR) is 83.6 cm³/mol. The van der Waals surface area contributed by atoms with Crippen LogP contribution in [0, 0.1) is 0 Å². The number of amides is 1. The van der Waals surface area contributed by atoms with Gasteiger partial charge in [0.2, 0.25) is 0 Å². The van der Waals surface area contributed by atoms with Crippen molar-refractivity contribution in [2.24, 2.45) is 0 Å². The standard InChI is InChI=1S/C15H13Cl2NO3/c1-20-10-4-2-5-11(8-10)21-9-14(19)18-15-12(16)6-3-7-13(15)17/h2-8H,9H2,1H3,(H,18,19). The van der Waals surface area contributed by atoms with E-state index in [1.165, 1.54) is 0 Å². The Hall–Kier alpha value is -1.91. The highest BCUT2D eigenvalue weighted by Crippen LogP contribution is 2.29. The third-order valence-corrected chi connectivity index (χ3v) is 3.27. The normalized spacial score (nSPS) is 10.0. The number of hydrogen-bond donors (Lipinski definition) is 1. The average Bonchev–Trinajstić information content (AvgIpc) is 2.49. The minimum absolute atomic E-state index is 0.158.